The van der Waals surface area contributed by atoms with Gasteiger partial charge in [-0.05, 0) is 18.4 Å². The van der Waals surface area contributed by atoms with Gasteiger partial charge in [0.2, 0.25) is 11.8 Å². The highest BCUT2D eigenvalue weighted by Gasteiger charge is 2.25. The van der Waals surface area contributed by atoms with Crippen LogP contribution in [0.15, 0.2) is 42.7 Å². The van der Waals surface area contributed by atoms with Crippen molar-refractivity contribution in [1.82, 2.24) is 19.9 Å². The van der Waals surface area contributed by atoms with Gasteiger partial charge in [0.05, 0.1) is 17.0 Å². The summed E-state index contributed by atoms with van der Waals surface area (Å²) in [5, 5.41) is 6.20. The molecule has 152 valence electrons. The second kappa shape index (κ2) is 9.00. The van der Waals surface area contributed by atoms with Crippen LogP contribution in [0.1, 0.15) is 25.1 Å². The van der Waals surface area contributed by atoms with Crippen molar-refractivity contribution in [3.05, 3.63) is 54.0 Å². The average molecular weight is 412 g/mol. The molecule has 0 saturated carbocycles. The smallest absolute Gasteiger partial charge is 0.248 e. The number of nitrogens with zero attached hydrogens (tertiary/aromatic N) is 3. The molecular formula is C21H25N5O2S. The lowest BCUT2D eigenvalue weighted by Crippen LogP contribution is -2.47. The number of amides is 2. The second-order valence-electron chi connectivity index (χ2n) is 7.24. The lowest BCUT2D eigenvalue weighted by molar-refractivity contribution is -0.127. The molecule has 0 fully saturated rings. The number of carbonyl (C=O) groups is 2. The lowest BCUT2D eigenvalue weighted by Gasteiger charge is -2.21. The SMILES string of the molecule is Cc1nc(NC(=O)C(NC(=O)Cc2ccccc2)C(C)C)sc1-c1nccn1C. The van der Waals surface area contributed by atoms with E-state index in [1.807, 2.05) is 68.9 Å². The molecule has 2 aromatic heterocycles. The van der Waals surface area contributed by atoms with Crippen molar-refractivity contribution in [1.29, 1.82) is 0 Å². The van der Waals surface area contributed by atoms with Gasteiger partial charge < -0.3 is 15.2 Å². The number of nitrogens with one attached hydrogen (secondary N) is 2. The molecule has 2 N–H and O–H groups in total. The Morgan fingerprint density at radius 3 is 2.55 bits per heavy atom. The molecule has 1 unspecified atom stereocenters. The zero-order valence-electron chi connectivity index (χ0n) is 17.0. The number of benzene rings is 1. The fourth-order valence-corrected chi connectivity index (χ4v) is 3.97. The Morgan fingerprint density at radius 1 is 1.21 bits per heavy atom. The van der Waals surface area contributed by atoms with Crippen molar-refractivity contribution in [2.45, 2.75) is 33.2 Å². The zero-order valence-corrected chi connectivity index (χ0v) is 17.8. The number of rotatable bonds is 7. The van der Waals surface area contributed by atoms with Crippen LogP contribution in [0.4, 0.5) is 5.13 Å². The molecule has 0 aliphatic rings. The van der Waals surface area contributed by atoms with Crippen LogP contribution in [-0.4, -0.2) is 32.4 Å². The summed E-state index contributed by atoms with van der Waals surface area (Å²) in [5.41, 5.74) is 1.71. The number of thiazole rings is 1. The zero-order chi connectivity index (χ0) is 21.0. The minimum Gasteiger partial charge on any atom is -0.344 e. The maximum atomic E-state index is 12.8. The third-order valence-corrected chi connectivity index (χ3v) is 5.59. The summed E-state index contributed by atoms with van der Waals surface area (Å²) >= 11 is 1.37. The van der Waals surface area contributed by atoms with E-state index in [2.05, 4.69) is 20.6 Å². The fourth-order valence-electron chi connectivity index (χ4n) is 2.97. The first-order chi connectivity index (χ1) is 13.8. The summed E-state index contributed by atoms with van der Waals surface area (Å²) in [4.78, 5) is 35.0. The number of anilines is 1. The summed E-state index contributed by atoms with van der Waals surface area (Å²) in [7, 11) is 1.91. The van der Waals surface area contributed by atoms with Gasteiger partial charge in [-0.15, -0.1) is 0 Å². The summed E-state index contributed by atoms with van der Waals surface area (Å²) in [6, 6.07) is 8.81. The largest absolute Gasteiger partial charge is 0.344 e. The Morgan fingerprint density at radius 2 is 1.93 bits per heavy atom. The minimum atomic E-state index is -0.646. The van der Waals surface area contributed by atoms with Crippen LogP contribution >= 0.6 is 11.3 Å². The summed E-state index contributed by atoms with van der Waals surface area (Å²) in [6.07, 6.45) is 3.82. The number of hydrogen-bond acceptors (Lipinski definition) is 5. The van der Waals surface area contributed by atoms with Crippen LogP contribution < -0.4 is 10.6 Å². The molecule has 3 aromatic rings. The molecule has 0 aliphatic heterocycles. The lowest BCUT2D eigenvalue weighted by atomic mass is 10.0. The molecule has 1 atom stereocenters. The predicted molar refractivity (Wildman–Crippen MR) is 115 cm³/mol. The van der Waals surface area contributed by atoms with E-state index in [1.165, 1.54) is 11.3 Å². The van der Waals surface area contributed by atoms with E-state index in [0.717, 1.165) is 22.0 Å². The van der Waals surface area contributed by atoms with E-state index in [0.29, 0.717) is 5.13 Å². The van der Waals surface area contributed by atoms with Crippen LogP contribution in [0.5, 0.6) is 0 Å². The molecule has 0 saturated heterocycles. The maximum absolute atomic E-state index is 12.8. The number of imidazole rings is 1. The van der Waals surface area contributed by atoms with Crippen molar-refractivity contribution in [3.8, 4) is 10.7 Å². The summed E-state index contributed by atoms with van der Waals surface area (Å²) in [6.45, 7) is 5.69. The average Bonchev–Trinajstić information content (AvgIpc) is 3.25. The predicted octanol–water partition coefficient (Wildman–Crippen LogP) is 3.17. The van der Waals surface area contributed by atoms with Gasteiger partial charge in [0.25, 0.3) is 0 Å². The molecule has 2 heterocycles. The van der Waals surface area contributed by atoms with Gasteiger partial charge in [-0.3, -0.25) is 9.59 Å². The van der Waals surface area contributed by atoms with Crippen molar-refractivity contribution in [2.24, 2.45) is 13.0 Å². The van der Waals surface area contributed by atoms with E-state index in [9.17, 15) is 9.59 Å². The molecule has 29 heavy (non-hydrogen) atoms. The molecule has 0 bridgehead atoms. The van der Waals surface area contributed by atoms with Gasteiger partial charge in [0, 0.05) is 19.4 Å². The maximum Gasteiger partial charge on any atom is 0.248 e. The topological polar surface area (TPSA) is 88.9 Å². The number of carbonyl (C=O) groups excluding carboxylic acids is 2. The van der Waals surface area contributed by atoms with Crippen molar-refractivity contribution in [2.75, 3.05) is 5.32 Å². The minimum absolute atomic E-state index is 0.0650. The first kappa shape index (κ1) is 20.7. The molecular weight excluding hydrogens is 386 g/mol. The Labute approximate surface area is 174 Å². The summed E-state index contributed by atoms with van der Waals surface area (Å²) in [5.74, 6) is 0.275. The first-order valence-corrected chi connectivity index (χ1v) is 10.3. The quantitative estimate of drug-likeness (QED) is 0.625. The van der Waals surface area contributed by atoms with Crippen LogP contribution in [0.2, 0.25) is 0 Å². The van der Waals surface area contributed by atoms with Crippen LogP contribution in [0, 0.1) is 12.8 Å². The Bertz CT molecular complexity index is 994. The van der Waals surface area contributed by atoms with Crippen LogP contribution in [0.3, 0.4) is 0 Å². The molecule has 0 spiro atoms. The Hall–Kier alpha value is -3.00. The summed E-state index contributed by atoms with van der Waals surface area (Å²) < 4.78 is 1.91. The van der Waals surface area contributed by atoms with E-state index in [4.69, 9.17) is 0 Å². The van der Waals surface area contributed by atoms with Gasteiger partial charge in [-0.2, -0.15) is 0 Å². The van der Waals surface area contributed by atoms with Crippen molar-refractivity contribution >= 4 is 28.3 Å². The number of aromatic nitrogens is 3. The van der Waals surface area contributed by atoms with Gasteiger partial charge >= 0.3 is 0 Å². The van der Waals surface area contributed by atoms with E-state index in [1.54, 1.807) is 6.20 Å². The Balaban J connectivity index is 1.68. The standard InChI is InChI=1S/C21H25N5O2S/c1-13(2)17(24-16(27)12-15-8-6-5-7-9-15)20(28)25-21-23-14(3)18(29-21)19-22-10-11-26(19)4/h5-11,13,17H,12H2,1-4H3,(H,24,27)(H,23,25,28). The second-order valence-corrected chi connectivity index (χ2v) is 8.24. The molecule has 2 amide bonds. The van der Waals surface area contributed by atoms with Crippen molar-refractivity contribution in [3.63, 3.8) is 0 Å². The normalized spacial score (nSPS) is 12.0. The van der Waals surface area contributed by atoms with Crippen LogP contribution in [0.25, 0.3) is 10.7 Å². The van der Waals surface area contributed by atoms with E-state index in [-0.39, 0.29) is 24.2 Å². The Kier molecular flexibility index (Phi) is 6.43. The number of hydrogen-bond donors (Lipinski definition) is 2. The molecule has 3 rings (SSSR count). The van der Waals surface area contributed by atoms with Crippen LogP contribution in [-0.2, 0) is 23.1 Å². The molecule has 8 heteroatoms. The van der Waals surface area contributed by atoms with Crippen molar-refractivity contribution < 1.29 is 9.59 Å². The molecule has 7 nitrogen and oxygen atoms in total. The monoisotopic (exact) mass is 411 g/mol. The van der Waals surface area contributed by atoms with E-state index < -0.39 is 6.04 Å². The first-order valence-electron chi connectivity index (χ1n) is 9.44. The third kappa shape index (κ3) is 5.08. The molecule has 1 aromatic carbocycles. The fraction of sp³-hybridized carbons (Fsp3) is 0.333. The third-order valence-electron chi connectivity index (χ3n) is 4.52. The van der Waals surface area contributed by atoms with E-state index >= 15 is 0 Å². The molecule has 0 aliphatic carbocycles. The number of aryl methyl sites for hydroxylation is 2. The van der Waals surface area contributed by atoms with Gasteiger partial charge in [0.15, 0.2) is 11.0 Å². The highest BCUT2D eigenvalue weighted by Crippen LogP contribution is 2.31. The highest BCUT2D eigenvalue weighted by atomic mass is 32.1. The van der Waals surface area contributed by atoms with Gasteiger partial charge in [0.1, 0.15) is 6.04 Å². The van der Waals surface area contributed by atoms with Gasteiger partial charge in [-0.1, -0.05) is 55.5 Å². The molecule has 0 radical (unpaired) electrons. The van der Waals surface area contributed by atoms with Gasteiger partial charge in [-0.25, -0.2) is 9.97 Å². The highest BCUT2D eigenvalue weighted by molar-refractivity contribution is 7.19.